The van der Waals surface area contributed by atoms with Crippen LogP contribution in [-0.4, -0.2) is 0 Å². The molecular formula is C13H11F2NS. The largest absolute Gasteiger partial charge is 0.398 e. The summed E-state index contributed by atoms with van der Waals surface area (Å²) in [5, 5.41) is 0. The normalized spacial score (nSPS) is 10.5. The third-order valence-electron chi connectivity index (χ3n) is 2.35. The minimum absolute atomic E-state index is 0.307. The third kappa shape index (κ3) is 2.58. The Morgan fingerprint density at radius 1 is 1.00 bits per heavy atom. The molecule has 0 spiro atoms. The van der Waals surface area contributed by atoms with Gasteiger partial charge in [-0.25, -0.2) is 8.78 Å². The summed E-state index contributed by atoms with van der Waals surface area (Å²) in [6.07, 6.45) is 0. The molecular weight excluding hydrogens is 240 g/mol. The van der Waals surface area contributed by atoms with Gasteiger partial charge in [0.2, 0.25) is 0 Å². The molecule has 0 aliphatic rings. The Kier molecular flexibility index (Phi) is 3.33. The first-order valence-corrected chi connectivity index (χ1v) is 5.87. The Morgan fingerprint density at radius 3 is 2.41 bits per heavy atom. The van der Waals surface area contributed by atoms with E-state index >= 15 is 0 Å². The highest BCUT2D eigenvalue weighted by atomic mass is 32.2. The Labute approximate surface area is 103 Å². The molecule has 2 aromatic rings. The van der Waals surface area contributed by atoms with Crippen molar-refractivity contribution in [3.63, 3.8) is 0 Å². The highest BCUT2D eigenvalue weighted by Gasteiger charge is 2.08. The van der Waals surface area contributed by atoms with E-state index in [0.717, 1.165) is 0 Å². The molecule has 1 nitrogen and oxygen atoms in total. The molecule has 17 heavy (non-hydrogen) atoms. The van der Waals surface area contributed by atoms with Gasteiger partial charge in [0, 0.05) is 15.5 Å². The smallest absolute Gasteiger partial charge is 0.137 e. The molecule has 0 radical (unpaired) electrons. The first kappa shape index (κ1) is 11.9. The van der Waals surface area contributed by atoms with Gasteiger partial charge in [0.25, 0.3) is 0 Å². The quantitative estimate of drug-likeness (QED) is 0.816. The number of nitrogen functional groups attached to an aromatic ring is 1. The zero-order chi connectivity index (χ0) is 12.4. The maximum Gasteiger partial charge on any atom is 0.137 e. The highest BCUT2D eigenvalue weighted by molar-refractivity contribution is 7.99. The van der Waals surface area contributed by atoms with Crippen molar-refractivity contribution in [3.05, 3.63) is 53.6 Å². The SMILES string of the molecule is Cc1cc(Sc2ccccc2F)c(N)cc1F. The van der Waals surface area contributed by atoms with E-state index in [-0.39, 0.29) is 11.6 Å². The van der Waals surface area contributed by atoms with E-state index in [1.165, 1.54) is 23.9 Å². The van der Waals surface area contributed by atoms with Gasteiger partial charge in [0.15, 0.2) is 0 Å². The monoisotopic (exact) mass is 251 g/mol. The topological polar surface area (TPSA) is 26.0 Å². The lowest BCUT2D eigenvalue weighted by Crippen LogP contribution is -1.93. The van der Waals surface area contributed by atoms with Gasteiger partial charge in [-0.15, -0.1) is 0 Å². The average molecular weight is 251 g/mol. The maximum atomic E-state index is 13.5. The molecule has 0 saturated heterocycles. The van der Waals surface area contributed by atoms with E-state index in [2.05, 4.69) is 0 Å². The van der Waals surface area contributed by atoms with Gasteiger partial charge in [-0.2, -0.15) is 0 Å². The molecule has 0 aromatic heterocycles. The van der Waals surface area contributed by atoms with Crippen molar-refractivity contribution in [3.8, 4) is 0 Å². The van der Waals surface area contributed by atoms with Gasteiger partial charge in [-0.3, -0.25) is 0 Å². The fourth-order valence-electron chi connectivity index (χ4n) is 1.40. The second kappa shape index (κ2) is 4.75. The molecule has 0 bridgehead atoms. The van der Waals surface area contributed by atoms with Crippen LogP contribution >= 0.6 is 11.8 Å². The summed E-state index contributed by atoms with van der Waals surface area (Å²) in [5.41, 5.74) is 6.52. The molecule has 2 aromatic carbocycles. The van der Waals surface area contributed by atoms with Crippen LogP contribution in [0.15, 0.2) is 46.2 Å². The zero-order valence-corrected chi connectivity index (χ0v) is 10.0. The first-order chi connectivity index (χ1) is 8.08. The van der Waals surface area contributed by atoms with Crippen LogP contribution in [0, 0.1) is 18.6 Å². The number of hydrogen-bond acceptors (Lipinski definition) is 2. The van der Waals surface area contributed by atoms with Crippen molar-refractivity contribution in [2.24, 2.45) is 0 Å². The van der Waals surface area contributed by atoms with Crippen LogP contribution in [0.25, 0.3) is 0 Å². The van der Waals surface area contributed by atoms with Crippen LogP contribution in [0.2, 0.25) is 0 Å². The number of halogens is 2. The molecule has 2 rings (SSSR count). The molecule has 2 N–H and O–H groups in total. The van der Waals surface area contributed by atoms with Crippen molar-refractivity contribution in [1.82, 2.24) is 0 Å². The van der Waals surface area contributed by atoms with Crippen LogP contribution in [0.5, 0.6) is 0 Å². The molecule has 88 valence electrons. The Bertz CT molecular complexity index is 555. The Balaban J connectivity index is 2.37. The van der Waals surface area contributed by atoms with Gasteiger partial charge >= 0.3 is 0 Å². The predicted molar refractivity (Wildman–Crippen MR) is 66.1 cm³/mol. The lowest BCUT2D eigenvalue weighted by Gasteiger charge is -2.08. The summed E-state index contributed by atoms with van der Waals surface area (Å²) in [7, 11) is 0. The Morgan fingerprint density at radius 2 is 1.71 bits per heavy atom. The maximum absolute atomic E-state index is 13.5. The summed E-state index contributed by atoms with van der Waals surface area (Å²) in [4.78, 5) is 1.14. The van der Waals surface area contributed by atoms with Crippen molar-refractivity contribution >= 4 is 17.4 Å². The summed E-state index contributed by atoms with van der Waals surface area (Å²) in [6, 6.07) is 9.31. The van der Waals surface area contributed by atoms with Crippen molar-refractivity contribution < 1.29 is 8.78 Å². The molecule has 0 atom stereocenters. The number of rotatable bonds is 2. The predicted octanol–water partition coefficient (Wildman–Crippen LogP) is 4.01. The standard InChI is InChI=1S/C13H11F2NS/c1-8-6-13(11(16)7-10(8)15)17-12-5-3-2-4-9(12)14/h2-7H,16H2,1H3. The zero-order valence-electron chi connectivity index (χ0n) is 9.21. The second-order valence-corrected chi connectivity index (χ2v) is 4.76. The summed E-state index contributed by atoms with van der Waals surface area (Å²) < 4.78 is 26.7. The molecule has 0 aliphatic heterocycles. The minimum atomic E-state index is -0.347. The molecule has 4 heteroatoms. The van der Waals surface area contributed by atoms with Crippen LogP contribution < -0.4 is 5.73 Å². The molecule has 0 unspecified atom stereocenters. The molecule has 0 aliphatic carbocycles. The van der Waals surface area contributed by atoms with Crippen LogP contribution in [-0.2, 0) is 0 Å². The van der Waals surface area contributed by atoms with Gasteiger partial charge in [0.1, 0.15) is 11.6 Å². The molecule has 0 heterocycles. The van der Waals surface area contributed by atoms with E-state index < -0.39 is 0 Å². The van der Waals surface area contributed by atoms with E-state index in [4.69, 9.17) is 5.73 Å². The van der Waals surface area contributed by atoms with Crippen LogP contribution in [0.1, 0.15) is 5.56 Å². The van der Waals surface area contributed by atoms with Crippen molar-refractivity contribution in [2.75, 3.05) is 5.73 Å². The molecule has 0 saturated carbocycles. The molecule has 0 fully saturated rings. The lowest BCUT2D eigenvalue weighted by atomic mass is 10.2. The van der Waals surface area contributed by atoms with Gasteiger partial charge in [-0.05, 0) is 36.8 Å². The fourth-order valence-corrected chi connectivity index (χ4v) is 2.37. The van der Waals surface area contributed by atoms with Gasteiger partial charge in [-0.1, -0.05) is 23.9 Å². The van der Waals surface area contributed by atoms with Crippen molar-refractivity contribution in [1.29, 1.82) is 0 Å². The third-order valence-corrected chi connectivity index (χ3v) is 3.47. The van der Waals surface area contributed by atoms with E-state index in [9.17, 15) is 8.78 Å². The second-order valence-electron chi connectivity index (χ2n) is 3.67. The number of nitrogens with two attached hydrogens (primary N) is 1. The fraction of sp³-hybridized carbons (Fsp3) is 0.0769. The average Bonchev–Trinajstić information content (AvgIpc) is 2.29. The number of benzene rings is 2. The van der Waals surface area contributed by atoms with E-state index in [0.29, 0.717) is 21.0 Å². The minimum Gasteiger partial charge on any atom is -0.398 e. The van der Waals surface area contributed by atoms with Gasteiger partial charge in [0.05, 0.1) is 0 Å². The summed E-state index contributed by atoms with van der Waals surface area (Å²) >= 11 is 1.20. The number of aryl methyl sites for hydroxylation is 1. The number of hydrogen-bond donors (Lipinski definition) is 1. The van der Waals surface area contributed by atoms with Crippen LogP contribution in [0.4, 0.5) is 14.5 Å². The van der Waals surface area contributed by atoms with E-state index in [1.54, 1.807) is 31.2 Å². The lowest BCUT2D eigenvalue weighted by molar-refractivity contribution is 0.602. The van der Waals surface area contributed by atoms with Crippen molar-refractivity contribution in [2.45, 2.75) is 16.7 Å². The highest BCUT2D eigenvalue weighted by Crippen LogP contribution is 2.34. The Hall–Kier alpha value is -1.55. The summed E-state index contributed by atoms with van der Waals surface area (Å²) in [6.45, 7) is 1.65. The van der Waals surface area contributed by atoms with Crippen LogP contribution in [0.3, 0.4) is 0 Å². The van der Waals surface area contributed by atoms with Gasteiger partial charge < -0.3 is 5.73 Å². The number of anilines is 1. The van der Waals surface area contributed by atoms with E-state index in [1.807, 2.05) is 0 Å². The molecule has 0 amide bonds. The first-order valence-electron chi connectivity index (χ1n) is 5.06. The summed E-state index contributed by atoms with van der Waals surface area (Å²) in [5.74, 6) is -0.653.